The van der Waals surface area contributed by atoms with E-state index in [2.05, 4.69) is 9.72 Å². The SMILES string of the molecule is N#Cc1ccc(OC(F)(F)F)nc1F. The molecule has 0 bridgehead atoms. The zero-order chi connectivity index (χ0) is 10.8. The average Bonchev–Trinajstić information content (AvgIpc) is 2.01. The molecular formula is C7H2F4N2O. The van der Waals surface area contributed by atoms with Gasteiger partial charge in [0.15, 0.2) is 0 Å². The predicted molar refractivity (Wildman–Crippen MR) is 35.6 cm³/mol. The molecule has 14 heavy (non-hydrogen) atoms. The minimum absolute atomic E-state index is 0.445. The molecule has 0 radical (unpaired) electrons. The van der Waals surface area contributed by atoms with E-state index in [9.17, 15) is 17.6 Å². The molecule has 1 aromatic heterocycles. The van der Waals surface area contributed by atoms with Crippen LogP contribution in [0.15, 0.2) is 12.1 Å². The largest absolute Gasteiger partial charge is 0.574 e. The summed E-state index contributed by atoms with van der Waals surface area (Å²) in [5.41, 5.74) is -0.445. The lowest BCUT2D eigenvalue weighted by Gasteiger charge is -2.07. The van der Waals surface area contributed by atoms with Crippen molar-refractivity contribution in [3.8, 4) is 11.9 Å². The fourth-order valence-corrected chi connectivity index (χ4v) is 0.676. The van der Waals surface area contributed by atoms with Crippen LogP contribution in [0.2, 0.25) is 0 Å². The number of nitriles is 1. The van der Waals surface area contributed by atoms with E-state index in [0.717, 1.165) is 12.1 Å². The van der Waals surface area contributed by atoms with Crippen molar-refractivity contribution in [3.63, 3.8) is 0 Å². The van der Waals surface area contributed by atoms with Gasteiger partial charge >= 0.3 is 6.36 Å². The molecule has 0 N–H and O–H groups in total. The molecule has 1 rings (SSSR count). The van der Waals surface area contributed by atoms with Gasteiger partial charge in [0.25, 0.3) is 0 Å². The van der Waals surface area contributed by atoms with Gasteiger partial charge in [0, 0.05) is 6.07 Å². The smallest absolute Gasteiger partial charge is 0.388 e. The lowest BCUT2D eigenvalue weighted by Crippen LogP contribution is -2.18. The van der Waals surface area contributed by atoms with Gasteiger partial charge in [-0.1, -0.05) is 0 Å². The van der Waals surface area contributed by atoms with Gasteiger partial charge in [0.2, 0.25) is 11.8 Å². The Hall–Kier alpha value is -1.84. The first-order valence-electron chi connectivity index (χ1n) is 3.25. The third-order valence-corrected chi connectivity index (χ3v) is 1.16. The highest BCUT2D eigenvalue weighted by Crippen LogP contribution is 2.21. The number of pyridine rings is 1. The highest BCUT2D eigenvalue weighted by atomic mass is 19.4. The first kappa shape index (κ1) is 10.2. The summed E-state index contributed by atoms with van der Waals surface area (Å²) in [7, 11) is 0. The van der Waals surface area contributed by atoms with E-state index in [1.807, 2.05) is 0 Å². The fraction of sp³-hybridized carbons (Fsp3) is 0.143. The Morgan fingerprint density at radius 1 is 1.36 bits per heavy atom. The number of halogens is 4. The summed E-state index contributed by atoms with van der Waals surface area (Å²) < 4.78 is 50.8. The normalized spacial score (nSPS) is 10.8. The van der Waals surface area contributed by atoms with Crippen molar-refractivity contribution < 1.29 is 22.3 Å². The van der Waals surface area contributed by atoms with Gasteiger partial charge in [-0.2, -0.15) is 14.6 Å². The molecule has 0 saturated carbocycles. The Morgan fingerprint density at radius 3 is 2.43 bits per heavy atom. The van der Waals surface area contributed by atoms with Gasteiger partial charge in [-0.3, -0.25) is 0 Å². The maximum Gasteiger partial charge on any atom is 0.574 e. The predicted octanol–water partition coefficient (Wildman–Crippen LogP) is 1.99. The number of nitrogens with zero attached hydrogens (tertiary/aromatic N) is 2. The molecule has 1 aromatic rings. The van der Waals surface area contributed by atoms with Crippen molar-refractivity contribution in [2.75, 3.05) is 0 Å². The first-order valence-corrected chi connectivity index (χ1v) is 3.25. The van der Waals surface area contributed by atoms with E-state index < -0.39 is 23.8 Å². The Morgan fingerprint density at radius 2 is 2.00 bits per heavy atom. The van der Waals surface area contributed by atoms with E-state index in [1.165, 1.54) is 6.07 Å². The van der Waals surface area contributed by atoms with Crippen molar-refractivity contribution in [2.45, 2.75) is 6.36 Å². The average molecular weight is 206 g/mol. The lowest BCUT2D eigenvalue weighted by atomic mass is 10.3. The van der Waals surface area contributed by atoms with Crippen molar-refractivity contribution in [1.29, 1.82) is 5.26 Å². The molecule has 74 valence electrons. The number of aromatic nitrogens is 1. The fourth-order valence-electron chi connectivity index (χ4n) is 0.676. The molecule has 3 nitrogen and oxygen atoms in total. The molecule has 0 fully saturated rings. The monoisotopic (exact) mass is 206 g/mol. The topological polar surface area (TPSA) is 45.9 Å². The van der Waals surface area contributed by atoms with Crippen molar-refractivity contribution in [1.82, 2.24) is 4.98 Å². The van der Waals surface area contributed by atoms with Crippen LogP contribution in [-0.2, 0) is 0 Å². The van der Waals surface area contributed by atoms with Crippen LogP contribution < -0.4 is 4.74 Å². The maximum absolute atomic E-state index is 12.6. The Balaban J connectivity index is 2.94. The zero-order valence-corrected chi connectivity index (χ0v) is 6.47. The van der Waals surface area contributed by atoms with Gasteiger partial charge in [0.05, 0.1) is 0 Å². The van der Waals surface area contributed by atoms with E-state index in [-0.39, 0.29) is 0 Å². The maximum atomic E-state index is 12.6. The summed E-state index contributed by atoms with van der Waals surface area (Å²) in [5.74, 6) is -2.23. The highest BCUT2D eigenvalue weighted by Gasteiger charge is 2.32. The number of ether oxygens (including phenoxy) is 1. The van der Waals surface area contributed by atoms with Crippen LogP contribution in [0.4, 0.5) is 17.6 Å². The summed E-state index contributed by atoms with van der Waals surface area (Å²) in [6, 6.07) is 3.02. The van der Waals surface area contributed by atoms with Crippen LogP contribution in [-0.4, -0.2) is 11.3 Å². The Labute approximate surface area is 75.5 Å². The van der Waals surface area contributed by atoms with Crippen molar-refractivity contribution >= 4 is 0 Å². The van der Waals surface area contributed by atoms with Gasteiger partial charge < -0.3 is 4.74 Å². The summed E-state index contributed by atoms with van der Waals surface area (Å²) >= 11 is 0. The second-order valence-electron chi connectivity index (χ2n) is 2.15. The third-order valence-electron chi connectivity index (χ3n) is 1.16. The molecule has 7 heteroatoms. The molecule has 0 atom stereocenters. The van der Waals surface area contributed by atoms with E-state index >= 15 is 0 Å². The minimum Gasteiger partial charge on any atom is -0.388 e. The highest BCUT2D eigenvalue weighted by molar-refractivity contribution is 5.29. The van der Waals surface area contributed by atoms with Gasteiger partial charge in [0.1, 0.15) is 11.6 Å². The van der Waals surface area contributed by atoms with Gasteiger partial charge in [-0.25, -0.2) is 0 Å². The molecule has 0 spiro atoms. The number of rotatable bonds is 1. The summed E-state index contributed by atoms with van der Waals surface area (Å²) in [6.07, 6.45) is -4.92. The summed E-state index contributed by atoms with van der Waals surface area (Å²) in [4.78, 5) is 2.80. The standard InChI is InChI=1S/C7H2F4N2O/c8-6-4(3-12)1-2-5(13-6)14-7(9,10)11/h1-2H. The molecule has 0 aliphatic rings. The number of hydrogen-bond acceptors (Lipinski definition) is 3. The molecule has 0 unspecified atom stereocenters. The molecule has 0 amide bonds. The molecular weight excluding hydrogens is 204 g/mol. The Kier molecular flexibility index (Phi) is 2.56. The van der Waals surface area contributed by atoms with Crippen LogP contribution in [0, 0.1) is 17.3 Å². The lowest BCUT2D eigenvalue weighted by molar-refractivity contribution is -0.276. The van der Waals surface area contributed by atoms with Crippen LogP contribution in [0.3, 0.4) is 0 Å². The molecule has 0 aliphatic heterocycles. The second kappa shape index (κ2) is 3.49. The first-order chi connectivity index (χ1) is 6.42. The molecule has 0 aliphatic carbocycles. The van der Waals surface area contributed by atoms with Crippen LogP contribution in [0.5, 0.6) is 5.88 Å². The molecule has 0 aromatic carbocycles. The molecule has 1 heterocycles. The second-order valence-corrected chi connectivity index (χ2v) is 2.15. The van der Waals surface area contributed by atoms with E-state index in [0.29, 0.717) is 0 Å². The van der Waals surface area contributed by atoms with Crippen molar-refractivity contribution in [2.24, 2.45) is 0 Å². The van der Waals surface area contributed by atoms with Crippen LogP contribution >= 0.6 is 0 Å². The minimum atomic E-state index is -4.92. The third kappa shape index (κ3) is 2.58. The summed E-state index contributed by atoms with van der Waals surface area (Å²) in [5, 5.41) is 8.25. The Bertz CT molecular complexity index is 382. The van der Waals surface area contributed by atoms with Crippen LogP contribution in [0.1, 0.15) is 5.56 Å². The van der Waals surface area contributed by atoms with Gasteiger partial charge in [-0.15, -0.1) is 13.2 Å². The number of hydrogen-bond donors (Lipinski definition) is 0. The zero-order valence-electron chi connectivity index (χ0n) is 6.47. The summed E-state index contributed by atoms with van der Waals surface area (Å²) in [6.45, 7) is 0. The quantitative estimate of drug-likeness (QED) is 0.521. The van der Waals surface area contributed by atoms with E-state index in [4.69, 9.17) is 5.26 Å². The van der Waals surface area contributed by atoms with E-state index in [1.54, 1.807) is 0 Å². The van der Waals surface area contributed by atoms with Gasteiger partial charge in [-0.05, 0) is 6.07 Å². The van der Waals surface area contributed by atoms with Crippen LogP contribution in [0.25, 0.3) is 0 Å². The number of alkyl halides is 3. The van der Waals surface area contributed by atoms with Crippen molar-refractivity contribution in [3.05, 3.63) is 23.6 Å². The molecule has 0 saturated heterocycles.